The number of hydrogen-bond acceptors (Lipinski definition) is 12. The fraction of sp³-hybridized carbons (Fsp3) is 0.510. The summed E-state index contributed by atoms with van der Waals surface area (Å²) >= 11 is 0. The number of likely N-dealkylation sites (tertiary alicyclic amines) is 1. The van der Waals surface area contributed by atoms with Gasteiger partial charge in [-0.2, -0.15) is 4.31 Å². The molecule has 368 valence electrons. The quantitative estimate of drug-likeness (QED) is 0.121. The summed E-state index contributed by atoms with van der Waals surface area (Å²) in [5.74, 6) is -2.47. The van der Waals surface area contributed by atoms with Gasteiger partial charge in [0.15, 0.2) is 0 Å². The fourth-order valence-electron chi connectivity index (χ4n) is 10.8. The number of aromatic hydroxyl groups is 1. The van der Waals surface area contributed by atoms with Crippen molar-refractivity contribution in [3.63, 3.8) is 0 Å². The molecule has 0 unspecified atom stereocenters. The van der Waals surface area contributed by atoms with Crippen LogP contribution >= 0.6 is 0 Å². The second-order valence-electron chi connectivity index (χ2n) is 20.5. The predicted octanol–water partition coefficient (Wildman–Crippen LogP) is 5.09. The van der Waals surface area contributed by atoms with Gasteiger partial charge in [0.25, 0.3) is 5.91 Å². The van der Waals surface area contributed by atoms with Crippen LogP contribution in [0.2, 0.25) is 0 Å². The zero-order valence-corrected chi connectivity index (χ0v) is 41.3. The summed E-state index contributed by atoms with van der Waals surface area (Å²) in [5, 5.41) is 18.8. The lowest BCUT2D eigenvalue weighted by molar-refractivity contribution is -0.154. The largest absolute Gasteiger partial charge is 0.508 e. The first-order chi connectivity index (χ1) is 32.8. The van der Waals surface area contributed by atoms with Gasteiger partial charge < -0.3 is 29.4 Å². The number of amides is 3. The Morgan fingerprint density at radius 2 is 1.81 bits per heavy atom. The van der Waals surface area contributed by atoms with E-state index in [1.165, 1.54) is 26.4 Å². The summed E-state index contributed by atoms with van der Waals surface area (Å²) in [6, 6.07) is 13.3. The molecule has 0 saturated carbocycles. The summed E-state index contributed by atoms with van der Waals surface area (Å²) in [6.07, 6.45) is 5.12. The number of nitrogens with one attached hydrogen (secondary N) is 3. The number of aryl methyl sites for hydroxylation is 1. The minimum atomic E-state index is -3.59. The molecule has 5 aliphatic heterocycles. The van der Waals surface area contributed by atoms with Crippen LogP contribution in [0.15, 0.2) is 60.4 Å². The molecule has 0 radical (unpaired) electrons. The fourth-order valence-corrected chi connectivity index (χ4v) is 12.5. The Bertz CT molecular complexity index is 2860. The maximum Gasteiger partial charge on any atom is 0.324 e. The van der Waals surface area contributed by atoms with E-state index in [1.54, 1.807) is 19.4 Å². The summed E-state index contributed by atoms with van der Waals surface area (Å²) in [7, 11) is -1.93. The number of phenols is 1. The van der Waals surface area contributed by atoms with Crippen LogP contribution in [0.1, 0.15) is 90.2 Å². The first-order valence-electron chi connectivity index (χ1n) is 24.1. The van der Waals surface area contributed by atoms with E-state index >= 15 is 0 Å². The molecule has 4 fully saturated rings. The van der Waals surface area contributed by atoms with Crippen molar-refractivity contribution in [2.24, 2.45) is 16.7 Å². The highest BCUT2D eigenvalue weighted by molar-refractivity contribution is 7.90. The molecule has 18 heteroatoms. The number of fused-ring (bicyclic) bond motifs is 6. The number of carbonyl (C=O) groups is 4. The van der Waals surface area contributed by atoms with Gasteiger partial charge in [0.2, 0.25) is 21.8 Å². The summed E-state index contributed by atoms with van der Waals surface area (Å²) in [4.78, 5) is 64.2. The van der Waals surface area contributed by atoms with E-state index in [9.17, 15) is 32.7 Å². The third-order valence-electron chi connectivity index (χ3n) is 14.6. The molecule has 9 rings (SSSR count). The normalized spacial score (nSPS) is 24.9. The van der Waals surface area contributed by atoms with Crippen molar-refractivity contribution in [3.05, 3.63) is 77.2 Å². The van der Waals surface area contributed by atoms with Crippen molar-refractivity contribution < 1.29 is 42.2 Å². The van der Waals surface area contributed by atoms with Crippen LogP contribution in [0, 0.1) is 16.7 Å². The molecule has 7 heterocycles. The zero-order chi connectivity index (χ0) is 49.2. The lowest BCUT2D eigenvalue weighted by Gasteiger charge is -2.35. The predicted molar refractivity (Wildman–Crippen MR) is 260 cm³/mol. The molecule has 4 N–H and O–H groups in total. The van der Waals surface area contributed by atoms with Gasteiger partial charge in [-0.15, -0.1) is 0 Å². The van der Waals surface area contributed by atoms with Crippen molar-refractivity contribution in [3.8, 4) is 28.1 Å². The number of cyclic esters (lactones) is 1. The second-order valence-corrected chi connectivity index (χ2v) is 22.6. The zero-order valence-electron chi connectivity index (χ0n) is 40.5. The van der Waals surface area contributed by atoms with E-state index < -0.39 is 62.0 Å². The molecule has 6 bridgehead atoms. The topological polar surface area (TPSA) is 215 Å². The molecule has 5 aliphatic rings. The Hall–Kier alpha value is -5.66. The monoisotopic (exact) mass is 964 g/mol. The lowest BCUT2D eigenvalue weighted by atomic mass is 9.84. The first kappa shape index (κ1) is 48.4. The highest BCUT2D eigenvalue weighted by Crippen LogP contribution is 2.45. The van der Waals surface area contributed by atoms with Crippen molar-refractivity contribution in [2.45, 2.75) is 104 Å². The van der Waals surface area contributed by atoms with Crippen molar-refractivity contribution >= 4 is 50.7 Å². The molecule has 2 aromatic heterocycles. The van der Waals surface area contributed by atoms with Gasteiger partial charge in [-0.3, -0.25) is 34.5 Å². The average Bonchev–Trinajstić information content (AvgIpc) is 3.95. The number of pyridine rings is 1. The van der Waals surface area contributed by atoms with E-state index in [1.807, 2.05) is 39.0 Å². The molecule has 0 aliphatic carbocycles. The van der Waals surface area contributed by atoms with Crippen molar-refractivity contribution in [1.29, 1.82) is 0 Å². The molecule has 69 heavy (non-hydrogen) atoms. The van der Waals surface area contributed by atoms with Gasteiger partial charge in [0, 0.05) is 74.5 Å². The maximum absolute atomic E-state index is 14.8. The van der Waals surface area contributed by atoms with Crippen LogP contribution in [0.3, 0.4) is 0 Å². The molecule has 17 nitrogen and oxygen atoms in total. The lowest BCUT2D eigenvalue weighted by Crippen LogP contribution is -2.58. The Morgan fingerprint density at radius 3 is 2.54 bits per heavy atom. The Balaban J connectivity index is 1.12. The van der Waals surface area contributed by atoms with Crippen LogP contribution in [0.4, 0.5) is 0 Å². The highest BCUT2D eigenvalue weighted by Gasteiger charge is 2.56. The second kappa shape index (κ2) is 18.6. The third-order valence-corrected chi connectivity index (χ3v) is 16.6. The number of rotatable bonds is 10. The number of phenolic OH excluding ortho intramolecular Hbond substituents is 1. The van der Waals surface area contributed by atoms with Crippen LogP contribution in [-0.2, 0) is 51.6 Å². The average molecular weight is 965 g/mol. The van der Waals surface area contributed by atoms with E-state index in [2.05, 4.69) is 59.6 Å². The number of benzene rings is 2. The number of nitrogens with zero attached hydrogens (tertiary/aromatic N) is 5. The number of aromatic nitrogens is 2. The molecular formula is C51H64N8O9S. The molecule has 4 aromatic rings. The first-order valence-corrected chi connectivity index (χ1v) is 25.6. The maximum atomic E-state index is 14.8. The number of esters is 1. The van der Waals surface area contributed by atoms with Gasteiger partial charge >= 0.3 is 5.97 Å². The SMILES string of the molecule is CCn1c(-c2cccnc2[C@H](C)OC)c2c3cc(ccc31)-c1cc(O)cc(c1)/C=C(\NC(=O)[C@H](C(C)C)N1CC[C@]3(CCN(S(=O)(=O)[C@H]4CN4)C3)C1=O)C(=O)N1CCC[C@H](N1)C(=O)OCC(C)(C)C2. The molecular weight excluding hydrogens is 901 g/mol. The number of carbonyl (C=O) groups excluding carboxylic acids is 4. The highest BCUT2D eigenvalue weighted by atomic mass is 32.2. The number of sulfonamides is 1. The Labute approximate surface area is 403 Å². The molecule has 2 aromatic carbocycles. The smallest absolute Gasteiger partial charge is 0.324 e. The Morgan fingerprint density at radius 1 is 1.04 bits per heavy atom. The van der Waals surface area contributed by atoms with Gasteiger partial charge in [-0.25, -0.2) is 13.8 Å². The van der Waals surface area contributed by atoms with Gasteiger partial charge in [-0.1, -0.05) is 33.8 Å². The molecule has 5 atom stereocenters. The number of hydrazine groups is 1. The van der Waals surface area contributed by atoms with E-state index in [0.29, 0.717) is 56.3 Å². The minimum Gasteiger partial charge on any atom is -0.508 e. The summed E-state index contributed by atoms with van der Waals surface area (Å²) in [5.41, 5.74) is 8.05. The minimum absolute atomic E-state index is 0.0550. The van der Waals surface area contributed by atoms with Gasteiger partial charge in [-0.05, 0) is 123 Å². The number of ether oxygens (including phenoxy) is 2. The standard InChI is InChI=1S/C51H64N8O9S/c1-8-57-41-14-13-33-25-37(41)38(45(57)36-11-9-17-52-43(36)31(4)67-7)26-50(5,6)29-68-48(63)39-12-10-18-59(55-39)47(62)40(23-32-21-34(33)24-35(60)22-32)54-46(61)44(30(2)3)58-20-16-51(49(58)64)15-19-56(28-51)69(65,66)42-27-53-42/h9,11,13-14,17,21-25,30-31,39,42,44,53,55,60H,8,10,12,15-16,18-20,26-29H2,1-7H3,(H,54,61)/b40-23-/t31-,39-,42-,44-,51-/m0/s1. The molecule has 4 saturated heterocycles. The van der Waals surface area contributed by atoms with E-state index in [0.717, 1.165) is 39.0 Å². The van der Waals surface area contributed by atoms with Crippen LogP contribution in [0.25, 0.3) is 39.4 Å². The number of methoxy groups -OCH3 is 1. The van der Waals surface area contributed by atoms with Crippen LogP contribution in [0.5, 0.6) is 5.75 Å². The van der Waals surface area contributed by atoms with Crippen molar-refractivity contribution in [1.82, 2.24) is 39.8 Å². The van der Waals surface area contributed by atoms with Gasteiger partial charge in [0.1, 0.15) is 28.9 Å². The van der Waals surface area contributed by atoms with Gasteiger partial charge in [0.05, 0.1) is 29.5 Å². The van der Waals surface area contributed by atoms with Crippen molar-refractivity contribution in [2.75, 3.05) is 46.4 Å². The summed E-state index contributed by atoms with van der Waals surface area (Å²) < 4.78 is 41.9. The van der Waals surface area contributed by atoms with E-state index in [4.69, 9.17) is 14.5 Å². The molecule has 1 spiro atoms. The van der Waals surface area contributed by atoms with Crippen LogP contribution < -0.4 is 16.1 Å². The summed E-state index contributed by atoms with van der Waals surface area (Å²) in [6.45, 7) is 13.7. The number of hydrogen-bond donors (Lipinski definition) is 4. The molecule has 3 amide bonds. The third kappa shape index (κ3) is 9.17. The van der Waals surface area contributed by atoms with E-state index in [-0.39, 0.29) is 56.2 Å². The Kier molecular flexibility index (Phi) is 13.0. The van der Waals surface area contributed by atoms with Crippen LogP contribution in [-0.4, -0.2) is 125 Å².